The van der Waals surface area contributed by atoms with E-state index >= 15 is 0 Å². The molecule has 0 fully saturated rings. The minimum atomic E-state index is 0.683. The summed E-state index contributed by atoms with van der Waals surface area (Å²) >= 11 is 7.49. The van der Waals surface area contributed by atoms with Crippen LogP contribution >= 0.6 is 22.9 Å². The van der Waals surface area contributed by atoms with Crippen molar-refractivity contribution in [1.29, 1.82) is 0 Å². The van der Waals surface area contributed by atoms with Gasteiger partial charge in [0.2, 0.25) is 0 Å². The van der Waals surface area contributed by atoms with E-state index in [-0.39, 0.29) is 0 Å². The number of para-hydroxylation sites is 1. The SMILES string of the molecule is O=Cc1ccc(CNc2ccccc2Cl)s1. The zero-order chi connectivity index (χ0) is 11.4. The van der Waals surface area contributed by atoms with E-state index in [0.29, 0.717) is 11.6 Å². The largest absolute Gasteiger partial charge is 0.379 e. The minimum Gasteiger partial charge on any atom is -0.379 e. The Hall–Kier alpha value is -1.32. The van der Waals surface area contributed by atoms with Crippen LogP contribution in [0.1, 0.15) is 14.5 Å². The summed E-state index contributed by atoms with van der Waals surface area (Å²) in [6, 6.07) is 11.4. The topological polar surface area (TPSA) is 29.1 Å². The van der Waals surface area contributed by atoms with E-state index in [1.165, 1.54) is 11.3 Å². The van der Waals surface area contributed by atoms with Crippen LogP contribution in [0.15, 0.2) is 36.4 Å². The molecule has 2 aromatic rings. The lowest BCUT2D eigenvalue weighted by molar-refractivity contribution is 0.112. The van der Waals surface area contributed by atoms with Crippen molar-refractivity contribution in [3.05, 3.63) is 51.2 Å². The van der Waals surface area contributed by atoms with E-state index in [0.717, 1.165) is 21.7 Å². The van der Waals surface area contributed by atoms with E-state index in [2.05, 4.69) is 5.32 Å². The van der Waals surface area contributed by atoms with E-state index in [9.17, 15) is 4.79 Å². The number of hydrogen-bond donors (Lipinski definition) is 1. The summed E-state index contributed by atoms with van der Waals surface area (Å²) in [5, 5.41) is 3.93. The third-order valence-corrected chi connectivity index (χ3v) is 3.47. The molecule has 0 saturated carbocycles. The molecule has 0 aliphatic rings. The first-order chi connectivity index (χ1) is 7.79. The van der Waals surface area contributed by atoms with E-state index in [4.69, 9.17) is 11.6 Å². The first kappa shape index (κ1) is 11.2. The van der Waals surface area contributed by atoms with Crippen molar-refractivity contribution in [3.8, 4) is 0 Å². The Morgan fingerprint density at radius 3 is 2.75 bits per heavy atom. The molecule has 1 aromatic heterocycles. The first-order valence-electron chi connectivity index (χ1n) is 4.82. The zero-order valence-corrected chi connectivity index (χ0v) is 10.0. The molecular formula is C12H10ClNOS. The Labute approximate surface area is 103 Å². The number of thiophene rings is 1. The predicted molar refractivity (Wildman–Crippen MR) is 68.5 cm³/mol. The molecule has 1 aromatic carbocycles. The molecule has 0 aliphatic carbocycles. The number of rotatable bonds is 4. The quantitative estimate of drug-likeness (QED) is 0.837. The number of halogens is 1. The highest BCUT2D eigenvalue weighted by Crippen LogP contribution is 2.22. The standard InChI is InChI=1S/C12H10ClNOS/c13-11-3-1-2-4-12(11)14-7-9-5-6-10(8-15)16-9/h1-6,8,14H,7H2. The third kappa shape index (κ3) is 2.62. The molecular weight excluding hydrogens is 242 g/mol. The van der Waals surface area contributed by atoms with E-state index in [1.54, 1.807) is 0 Å². The van der Waals surface area contributed by atoms with Crippen molar-refractivity contribution < 1.29 is 4.79 Å². The molecule has 82 valence electrons. The van der Waals surface area contributed by atoms with Crippen LogP contribution in [-0.2, 0) is 6.54 Å². The van der Waals surface area contributed by atoms with Gasteiger partial charge in [-0.2, -0.15) is 0 Å². The van der Waals surface area contributed by atoms with Crippen LogP contribution in [0.4, 0.5) is 5.69 Å². The third-order valence-electron chi connectivity index (χ3n) is 2.13. The van der Waals surface area contributed by atoms with Crippen LogP contribution in [0, 0.1) is 0 Å². The number of carbonyl (C=O) groups excluding carboxylic acids is 1. The average molecular weight is 252 g/mol. The summed E-state index contributed by atoms with van der Waals surface area (Å²) < 4.78 is 0. The van der Waals surface area contributed by atoms with Crippen LogP contribution in [0.2, 0.25) is 5.02 Å². The van der Waals surface area contributed by atoms with Gasteiger partial charge in [0, 0.05) is 11.4 Å². The maximum atomic E-state index is 10.5. The van der Waals surface area contributed by atoms with E-state index < -0.39 is 0 Å². The summed E-state index contributed by atoms with van der Waals surface area (Å²) in [7, 11) is 0. The van der Waals surface area contributed by atoms with Crippen LogP contribution < -0.4 is 5.32 Å². The number of hydrogen-bond acceptors (Lipinski definition) is 3. The van der Waals surface area contributed by atoms with Gasteiger partial charge in [0.1, 0.15) is 0 Å². The van der Waals surface area contributed by atoms with Gasteiger partial charge in [-0.05, 0) is 24.3 Å². The van der Waals surface area contributed by atoms with Crippen molar-refractivity contribution >= 4 is 34.9 Å². The van der Waals surface area contributed by atoms with Crippen molar-refractivity contribution in [2.45, 2.75) is 6.54 Å². The molecule has 16 heavy (non-hydrogen) atoms. The Morgan fingerprint density at radius 2 is 2.06 bits per heavy atom. The molecule has 0 amide bonds. The summed E-state index contributed by atoms with van der Waals surface area (Å²) in [6.07, 6.45) is 0.865. The van der Waals surface area contributed by atoms with Gasteiger partial charge < -0.3 is 5.32 Å². The number of nitrogens with one attached hydrogen (secondary N) is 1. The normalized spacial score (nSPS) is 10.1. The maximum absolute atomic E-state index is 10.5. The van der Waals surface area contributed by atoms with Gasteiger partial charge in [-0.25, -0.2) is 0 Å². The van der Waals surface area contributed by atoms with Gasteiger partial charge in [0.05, 0.1) is 15.6 Å². The Bertz CT molecular complexity index is 495. The molecule has 0 unspecified atom stereocenters. The molecule has 0 saturated heterocycles. The molecule has 4 heteroatoms. The Balaban J connectivity index is 2.02. The molecule has 0 radical (unpaired) electrons. The second-order valence-corrected chi connectivity index (χ2v) is 4.86. The van der Waals surface area contributed by atoms with Gasteiger partial charge in [-0.15, -0.1) is 11.3 Å². The molecule has 2 nitrogen and oxygen atoms in total. The lowest BCUT2D eigenvalue weighted by Gasteiger charge is -2.06. The molecule has 2 rings (SSSR count). The fourth-order valence-electron chi connectivity index (χ4n) is 1.34. The highest BCUT2D eigenvalue weighted by Gasteiger charge is 2.01. The monoisotopic (exact) mass is 251 g/mol. The second-order valence-electron chi connectivity index (χ2n) is 3.26. The molecule has 0 spiro atoms. The predicted octanol–water partition coefficient (Wildman–Crippen LogP) is 3.83. The smallest absolute Gasteiger partial charge is 0.160 e. The second kappa shape index (κ2) is 5.14. The number of aldehydes is 1. The lowest BCUT2D eigenvalue weighted by atomic mass is 10.3. The number of anilines is 1. The zero-order valence-electron chi connectivity index (χ0n) is 8.44. The van der Waals surface area contributed by atoms with Crippen molar-refractivity contribution in [2.24, 2.45) is 0 Å². The lowest BCUT2D eigenvalue weighted by Crippen LogP contribution is -1.97. The van der Waals surface area contributed by atoms with Crippen LogP contribution in [-0.4, -0.2) is 6.29 Å². The summed E-state index contributed by atoms with van der Waals surface area (Å²) in [4.78, 5) is 12.4. The van der Waals surface area contributed by atoms with E-state index in [1.807, 2.05) is 36.4 Å². The van der Waals surface area contributed by atoms with Gasteiger partial charge >= 0.3 is 0 Å². The Morgan fingerprint density at radius 1 is 1.25 bits per heavy atom. The molecule has 1 N–H and O–H groups in total. The molecule has 0 bridgehead atoms. The maximum Gasteiger partial charge on any atom is 0.160 e. The van der Waals surface area contributed by atoms with Crippen LogP contribution in [0.3, 0.4) is 0 Å². The van der Waals surface area contributed by atoms with Gasteiger partial charge in [-0.1, -0.05) is 23.7 Å². The van der Waals surface area contributed by atoms with Crippen LogP contribution in [0.5, 0.6) is 0 Å². The highest BCUT2D eigenvalue weighted by molar-refractivity contribution is 7.13. The van der Waals surface area contributed by atoms with Crippen molar-refractivity contribution in [1.82, 2.24) is 0 Å². The number of benzene rings is 1. The van der Waals surface area contributed by atoms with Crippen molar-refractivity contribution in [2.75, 3.05) is 5.32 Å². The molecule has 0 aliphatic heterocycles. The Kier molecular flexibility index (Phi) is 3.59. The minimum absolute atomic E-state index is 0.683. The van der Waals surface area contributed by atoms with Gasteiger partial charge in [0.15, 0.2) is 6.29 Å². The first-order valence-corrected chi connectivity index (χ1v) is 6.01. The van der Waals surface area contributed by atoms with Crippen LogP contribution in [0.25, 0.3) is 0 Å². The molecule has 0 atom stereocenters. The molecule has 1 heterocycles. The van der Waals surface area contributed by atoms with Gasteiger partial charge in [-0.3, -0.25) is 4.79 Å². The summed E-state index contributed by atoms with van der Waals surface area (Å²) in [5.74, 6) is 0. The summed E-state index contributed by atoms with van der Waals surface area (Å²) in [5.41, 5.74) is 0.908. The average Bonchev–Trinajstić information content (AvgIpc) is 2.76. The van der Waals surface area contributed by atoms with Gasteiger partial charge in [0.25, 0.3) is 0 Å². The fraction of sp³-hybridized carbons (Fsp3) is 0.0833. The highest BCUT2D eigenvalue weighted by atomic mass is 35.5. The fourth-order valence-corrected chi connectivity index (χ4v) is 2.31. The summed E-state index contributed by atoms with van der Waals surface area (Å²) in [6.45, 7) is 0.683. The number of carbonyl (C=O) groups is 1. The van der Waals surface area contributed by atoms with Crippen molar-refractivity contribution in [3.63, 3.8) is 0 Å².